The molecule has 0 atom stereocenters. The SMILES string of the molecule is O=C1CCCC(=O)N1Cc1cccc(F)c1Br. The van der Waals surface area contributed by atoms with Crippen molar-refractivity contribution in [3.8, 4) is 0 Å². The van der Waals surface area contributed by atoms with Crippen LogP contribution in [0.15, 0.2) is 22.7 Å². The molecule has 2 rings (SSSR count). The lowest BCUT2D eigenvalue weighted by atomic mass is 10.1. The molecule has 1 aliphatic heterocycles. The molecule has 1 aromatic rings. The molecule has 1 aliphatic rings. The molecule has 0 bridgehead atoms. The van der Waals surface area contributed by atoms with Gasteiger partial charge >= 0.3 is 0 Å². The van der Waals surface area contributed by atoms with E-state index in [4.69, 9.17) is 0 Å². The lowest BCUT2D eigenvalue weighted by Gasteiger charge is -2.25. The highest BCUT2D eigenvalue weighted by Gasteiger charge is 2.26. The second-order valence-electron chi connectivity index (χ2n) is 3.94. The molecule has 90 valence electrons. The molecular weight excluding hydrogens is 289 g/mol. The van der Waals surface area contributed by atoms with Crippen molar-refractivity contribution in [1.82, 2.24) is 4.90 Å². The normalized spacial score (nSPS) is 16.5. The van der Waals surface area contributed by atoms with Gasteiger partial charge in [0.05, 0.1) is 11.0 Å². The number of carbonyl (C=O) groups is 2. The molecule has 1 aromatic carbocycles. The second kappa shape index (κ2) is 4.96. The molecule has 0 saturated carbocycles. The molecule has 0 N–H and O–H groups in total. The summed E-state index contributed by atoms with van der Waals surface area (Å²) >= 11 is 3.12. The quantitative estimate of drug-likeness (QED) is 0.787. The third-order valence-electron chi connectivity index (χ3n) is 2.74. The Balaban J connectivity index is 2.22. The summed E-state index contributed by atoms with van der Waals surface area (Å²) in [6.07, 6.45) is 1.38. The van der Waals surface area contributed by atoms with Gasteiger partial charge in [0, 0.05) is 12.8 Å². The van der Waals surface area contributed by atoms with Crippen LogP contribution in [-0.4, -0.2) is 16.7 Å². The van der Waals surface area contributed by atoms with Gasteiger partial charge in [-0.3, -0.25) is 14.5 Å². The summed E-state index contributed by atoms with van der Waals surface area (Å²) in [6.45, 7) is 0.135. The number of rotatable bonds is 2. The van der Waals surface area contributed by atoms with Crippen LogP contribution in [0.25, 0.3) is 0 Å². The highest BCUT2D eigenvalue weighted by atomic mass is 79.9. The van der Waals surface area contributed by atoms with Gasteiger partial charge in [-0.25, -0.2) is 4.39 Å². The van der Waals surface area contributed by atoms with Crippen molar-refractivity contribution >= 4 is 27.7 Å². The van der Waals surface area contributed by atoms with Crippen LogP contribution in [0.2, 0.25) is 0 Å². The van der Waals surface area contributed by atoms with Crippen LogP contribution in [0.1, 0.15) is 24.8 Å². The van der Waals surface area contributed by atoms with Crippen molar-refractivity contribution in [3.05, 3.63) is 34.1 Å². The van der Waals surface area contributed by atoms with Crippen molar-refractivity contribution in [2.24, 2.45) is 0 Å². The monoisotopic (exact) mass is 299 g/mol. The largest absolute Gasteiger partial charge is 0.278 e. The smallest absolute Gasteiger partial charge is 0.229 e. The predicted octanol–water partition coefficient (Wildman–Crippen LogP) is 2.63. The third kappa shape index (κ3) is 2.54. The Labute approximate surface area is 107 Å². The Morgan fingerprint density at radius 1 is 1.24 bits per heavy atom. The summed E-state index contributed by atoms with van der Waals surface area (Å²) in [5, 5.41) is 0. The minimum Gasteiger partial charge on any atom is -0.278 e. The zero-order chi connectivity index (χ0) is 12.4. The first kappa shape index (κ1) is 12.2. The molecule has 3 nitrogen and oxygen atoms in total. The van der Waals surface area contributed by atoms with Gasteiger partial charge in [0.25, 0.3) is 0 Å². The van der Waals surface area contributed by atoms with Crippen molar-refractivity contribution in [3.63, 3.8) is 0 Å². The van der Waals surface area contributed by atoms with E-state index in [2.05, 4.69) is 15.9 Å². The molecule has 0 unspecified atom stereocenters. The van der Waals surface area contributed by atoms with Crippen molar-refractivity contribution in [1.29, 1.82) is 0 Å². The van der Waals surface area contributed by atoms with Gasteiger partial charge in [-0.05, 0) is 34.0 Å². The highest BCUT2D eigenvalue weighted by molar-refractivity contribution is 9.10. The van der Waals surface area contributed by atoms with Crippen LogP contribution in [0, 0.1) is 5.82 Å². The molecule has 0 spiro atoms. The van der Waals surface area contributed by atoms with Gasteiger partial charge in [-0.15, -0.1) is 0 Å². The van der Waals surface area contributed by atoms with E-state index in [-0.39, 0.29) is 24.2 Å². The Hall–Kier alpha value is -1.23. The van der Waals surface area contributed by atoms with E-state index >= 15 is 0 Å². The van der Waals surface area contributed by atoms with Crippen molar-refractivity contribution < 1.29 is 14.0 Å². The fourth-order valence-electron chi connectivity index (χ4n) is 1.82. The summed E-state index contributed by atoms with van der Waals surface area (Å²) in [7, 11) is 0. The number of benzene rings is 1. The number of amides is 2. The lowest BCUT2D eigenvalue weighted by molar-refractivity contribution is -0.148. The van der Waals surface area contributed by atoms with E-state index in [1.165, 1.54) is 11.0 Å². The van der Waals surface area contributed by atoms with Crippen LogP contribution < -0.4 is 0 Å². The van der Waals surface area contributed by atoms with E-state index in [0.29, 0.717) is 29.3 Å². The Bertz CT molecular complexity index is 460. The van der Waals surface area contributed by atoms with Crippen molar-refractivity contribution in [2.45, 2.75) is 25.8 Å². The zero-order valence-electron chi connectivity index (χ0n) is 9.08. The molecule has 1 saturated heterocycles. The average Bonchev–Trinajstić information content (AvgIpc) is 2.29. The summed E-state index contributed by atoms with van der Waals surface area (Å²) in [5.74, 6) is -0.755. The summed E-state index contributed by atoms with van der Waals surface area (Å²) < 4.78 is 13.6. The minimum absolute atomic E-state index is 0.135. The van der Waals surface area contributed by atoms with Gasteiger partial charge in [0.1, 0.15) is 5.82 Å². The maximum Gasteiger partial charge on any atom is 0.229 e. The number of likely N-dealkylation sites (tertiary alicyclic amines) is 1. The Morgan fingerprint density at radius 3 is 2.53 bits per heavy atom. The fourth-order valence-corrected chi connectivity index (χ4v) is 2.21. The van der Waals surface area contributed by atoms with Gasteiger partial charge in [-0.2, -0.15) is 0 Å². The summed E-state index contributed by atoms with van der Waals surface area (Å²) in [5.41, 5.74) is 0.605. The van der Waals surface area contributed by atoms with Gasteiger partial charge < -0.3 is 0 Å². The molecule has 0 radical (unpaired) electrons. The van der Waals surface area contributed by atoms with Gasteiger partial charge in [0.15, 0.2) is 0 Å². The number of imide groups is 1. The highest BCUT2D eigenvalue weighted by Crippen LogP contribution is 2.23. The van der Waals surface area contributed by atoms with E-state index in [1.807, 2.05) is 0 Å². The molecule has 0 aliphatic carbocycles. The molecule has 1 fully saturated rings. The standard InChI is InChI=1S/C12H11BrFNO2/c13-12-8(3-1-4-9(12)14)7-15-10(16)5-2-6-11(15)17/h1,3-4H,2,5-7H2. The number of piperidine rings is 1. The van der Waals surface area contributed by atoms with Gasteiger partial charge in [0.2, 0.25) is 11.8 Å². The first-order valence-electron chi connectivity index (χ1n) is 5.35. The predicted molar refractivity (Wildman–Crippen MR) is 63.5 cm³/mol. The number of halogens is 2. The lowest BCUT2D eigenvalue weighted by Crippen LogP contribution is -2.39. The Kier molecular flexibility index (Phi) is 3.57. The van der Waals surface area contributed by atoms with Crippen LogP contribution in [0.5, 0.6) is 0 Å². The summed E-state index contributed by atoms with van der Waals surface area (Å²) in [4.78, 5) is 24.4. The second-order valence-corrected chi connectivity index (χ2v) is 4.73. The van der Waals surface area contributed by atoms with E-state index in [9.17, 15) is 14.0 Å². The minimum atomic E-state index is -0.389. The number of hydrogen-bond donors (Lipinski definition) is 0. The zero-order valence-corrected chi connectivity index (χ0v) is 10.7. The van der Waals surface area contributed by atoms with Crippen LogP contribution in [0.3, 0.4) is 0 Å². The maximum absolute atomic E-state index is 13.3. The van der Waals surface area contributed by atoms with Crippen LogP contribution in [-0.2, 0) is 16.1 Å². The summed E-state index contributed by atoms with van der Waals surface area (Å²) in [6, 6.07) is 4.59. The first-order valence-corrected chi connectivity index (χ1v) is 6.15. The topological polar surface area (TPSA) is 37.4 Å². The van der Waals surface area contributed by atoms with Crippen molar-refractivity contribution in [2.75, 3.05) is 0 Å². The molecule has 1 heterocycles. The molecule has 17 heavy (non-hydrogen) atoms. The van der Waals surface area contributed by atoms with Crippen LogP contribution >= 0.6 is 15.9 Å². The number of hydrogen-bond acceptors (Lipinski definition) is 2. The van der Waals surface area contributed by atoms with E-state index in [1.54, 1.807) is 12.1 Å². The molecule has 2 amide bonds. The van der Waals surface area contributed by atoms with Gasteiger partial charge in [-0.1, -0.05) is 12.1 Å². The van der Waals surface area contributed by atoms with Crippen LogP contribution in [0.4, 0.5) is 4.39 Å². The van der Waals surface area contributed by atoms with E-state index in [0.717, 1.165) is 0 Å². The fraction of sp³-hybridized carbons (Fsp3) is 0.333. The Morgan fingerprint density at radius 2 is 1.88 bits per heavy atom. The molecular formula is C12H11BrFNO2. The number of nitrogens with zero attached hydrogens (tertiary/aromatic N) is 1. The average molecular weight is 300 g/mol. The molecule has 5 heteroatoms. The number of carbonyl (C=O) groups excluding carboxylic acids is 2. The molecule has 0 aromatic heterocycles. The third-order valence-corrected chi connectivity index (χ3v) is 3.63. The maximum atomic E-state index is 13.3. The van der Waals surface area contributed by atoms with E-state index < -0.39 is 0 Å². The first-order chi connectivity index (χ1) is 8.09.